The Hall–Kier alpha value is -1.35. The Kier molecular flexibility index (Phi) is 1.64. The van der Waals surface area contributed by atoms with E-state index < -0.39 is 17.3 Å². The second-order valence-corrected chi connectivity index (χ2v) is 5.03. The number of cyclic esters (lactones) is 1. The van der Waals surface area contributed by atoms with Crippen LogP contribution in [0.1, 0.15) is 25.0 Å². The Labute approximate surface area is 94.4 Å². The molecule has 84 valence electrons. The average Bonchev–Trinajstić information content (AvgIpc) is 2.90. The van der Waals surface area contributed by atoms with Gasteiger partial charge in [-0.3, -0.25) is 0 Å². The van der Waals surface area contributed by atoms with E-state index >= 15 is 0 Å². The third-order valence-electron chi connectivity index (χ3n) is 3.56. The van der Waals surface area contributed by atoms with Crippen molar-refractivity contribution in [2.45, 2.75) is 38.1 Å². The van der Waals surface area contributed by atoms with Crippen molar-refractivity contribution in [3.05, 3.63) is 35.4 Å². The Balaban J connectivity index is 2.08. The number of hydrogen-bond donors (Lipinski definition) is 0. The number of epoxide rings is 1. The van der Waals surface area contributed by atoms with Gasteiger partial charge in [-0.25, -0.2) is 4.79 Å². The van der Waals surface area contributed by atoms with Gasteiger partial charge in [0.15, 0.2) is 11.7 Å². The Morgan fingerprint density at radius 2 is 1.81 bits per heavy atom. The van der Waals surface area contributed by atoms with Gasteiger partial charge in [0.2, 0.25) is 0 Å². The van der Waals surface area contributed by atoms with E-state index in [0.29, 0.717) is 0 Å². The maximum atomic E-state index is 11.5. The zero-order valence-corrected chi connectivity index (χ0v) is 9.61. The zero-order valence-electron chi connectivity index (χ0n) is 9.61. The molecule has 0 radical (unpaired) electrons. The molecule has 0 spiro atoms. The molecule has 3 heteroatoms. The van der Waals surface area contributed by atoms with Crippen molar-refractivity contribution in [1.82, 2.24) is 0 Å². The monoisotopic (exact) mass is 218 g/mol. The van der Waals surface area contributed by atoms with Crippen LogP contribution in [-0.4, -0.2) is 17.7 Å². The number of ether oxygens (including phenoxy) is 2. The molecule has 16 heavy (non-hydrogen) atoms. The van der Waals surface area contributed by atoms with Crippen LogP contribution < -0.4 is 0 Å². The number of carbonyl (C=O) groups excluding carboxylic acids is 1. The molecule has 2 aliphatic rings. The van der Waals surface area contributed by atoms with Crippen molar-refractivity contribution in [3.8, 4) is 0 Å². The molecular formula is C13H14O3. The van der Waals surface area contributed by atoms with Gasteiger partial charge in [0.1, 0.15) is 5.60 Å². The lowest BCUT2D eigenvalue weighted by atomic mass is 9.83. The molecule has 2 fully saturated rings. The summed E-state index contributed by atoms with van der Waals surface area (Å²) in [5, 5.41) is 0. The Morgan fingerprint density at radius 1 is 1.19 bits per heavy atom. The maximum absolute atomic E-state index is 11.5. The molecule has 0 saturated carbocycles. The van der Waals surface area contributed by atoms with E-state index in [4.69, 9.17) is 9.47 Å². The molecule has 0 aromatic heterocycles. The molecule has 1 aromatic rings. The minimum Gasteiger partial charge on any atom is -0.454 e. The summed E-state index contributed by atoms with van der Waals surface area (Å²) in [5.74, 6) is -0.245. The molecule has 2 heterocycles. The minimum absolute atomic E-state index is 0.245. The molecule has 0 N–H and O–H groups in total. The molecule has 3 rings (SSSR count). The van der Waals surface area contributed by atoms with Gasteiger partial charge in [-0.2, -0.15) is 0 Å². The van der Waals surface area contributed by atoms with Crippen molar-refractivity contribution in [3.63, 3.8) is 0 Å². The van der Waals surface area contributed by atoms with Gasteiger partial charge in [0.25, 0.3) is 0 Å². The Bertz CT molecular complexity index is 461. The Morgan fingerprint density at radius 3 is 2.25 bits per heavy atom. The van der Waals surface area contributed by atoms with Crippen LogP contribution in [0.15, 0.2) is 24.3 Å². The average molecular weight is 218 g/mol. The summed E-state index contributed by atoms with van der Waals surface area (Å²) in [6.45, 7) is 5.84. The highest BCUT2D eigenvalue weighted by atomic mass is 16.7. The molecule has 2 unspecified atom stereocenters. The topological polar surface area (TPSA) is 38.8 Å². The summed E-state index contributed by atoms with van der Waals surface area (Å²) < 4.78 is 11.0. The molecule has 1 aromatic carbocycles. The lowest BCUT2D eigenvalue weighted by Crippen LogP contribution is -2.36. The SMILES string of the molecule is Cc1ccc(C23OC2C(=O)OC3(C)C)cc1. The molecule has 2 atom stereocenters. The quantitative estimate of drug-likeness (QED) is 0.534. The van der Waals surface area contributed by atoms with Crippen molar-refractivity contribution in [2.75, 3.05) is 0 Å². The third kappa shape index (κ3) is 0.990. The van der Waals surface area contributed by atoms with Gasteiger partial charge < -0.3 is 9.47 Å². The van der Waals surface area contributed by atoms with Gasteiger partial charge in [-0.05, 0) is 26.3 Å². The van der Waals surface area contributed by atoms with Crippen LogP contribution in [0.4, 0.5) is 0 Å². The van der Waals surface area contributed by atoms with Crippen LogP contribution in [0, 0.1) is 6.92 Å². The van der Waals surface area contributed by atoms with Crippen molar-refractivity contribution in [2.24, 2.45) is 0 Å². The van der Waals surface area contributed by atoms with Crippen LogP contribution in [0.3, 0.4) is 0 Å². The predicted molar refractivity (Wildman–Crippen MR) is 57.9 cm³/mol. The van der Waals surface area contributed by atoms with Crippen molar-refractivity contribution in [1.29, 1.82) is 0 Å². The highest BCUT2D eigenvalue weighted by Gasteiger charge is 2.77. The fourth-order valence-corrected chi connectivity index (χ4v) is 2.57. The van der Waals surface area contributed by atoms with Crippen molar-refractivity contribution >= 4 is 5.97 Å². The van der Waals surface area contributed by atoms with Gasteiger partial charge in [0, 0.05) is 0 Å². The second-order valence-electron chi connectivity index (χ2n) is 5.03. The van der Waals surface area contributed by atoms with Crippen LogP contribution >= 0.6 is 0 Å². The smallest absolute Gasteiger partial charge is 0.339 e. The van der Waals surface area contributed by atoms with E-state index in [9.17, 15) is 4.79 Å². The number of carbonyl (C=O) groups is 1. The first-order valence-corrected chi connectivity index (χ1v) is 5.45. The normalized spacial score (nSPS) is 34.4. The number of fused-ring (bicyclic) bond motifs is 1. The fourth-order valence-electron chi connectivity index (χ4n) is 2.57. The van der Waals surface area contributed by atoms with Crippen LogP contribution in [-0.2, 0) is 19.9 Å². The highest BCUT2D eigenvalue weighted by Crippen LogP contribution is 2.60. The lowest BCUT2D eigenvalue weighted by molar-refractivity contribution is -0.160. The van der Waals surface area contributed by atoms with Crippen molar-refractivity contribution < 1.29 is 14.3 Å². The van der Waals surface area contributed by atoms with Crippen LogP contribution in [0.25, 0.3) is 0 Å². The van der Waals surface area contributed by atoms with Gasteiger partial charge in [-0.1, -0.05) is 29.8 Å². The molecule has 2 saturated heterocycles. The van der Waals surface area contributed by atoms with Crippen LogP contribution in [0.5, 0.6) is 0 Å². The fraction of sp³-hybridized carbons (Fsp3) is 0.462. The van der Waals surface area contributed by atoms with E-state index in [2.05, 4.69) is 0 Å². The second kappa shape index (κ2) is 2.66. The zero-order chi connectivity index (χ0) is 11.6. The molecule has 0 bridgehead atoms. The van der Waals surface area contributed by atoms with E-state index in [0.717, 1.165) is 5.56 Å². The number of aryl methyl sites for hydroxylation is 1. The first kappa shape index (κ1) is 9.85. The highest BCUT2D eigenvalue weighted by molar-refractivity contribution is 5.84. The van der Waals surface area contributed by atoms with Gasteiger partial charge in [-0.15, -0.1) is 0 Å². The summed E-state index contributed by atoms with van der Waals surface area (Å²) in [7, 11) is 0. The largest absolute Gasteiger partial charge is 0.454 e. The molecule has 0 aliphatic carbocycles. The summed E-state index contributed by atoms with van der Waals surface area (Å²) in [4.78, 5) is 11.5. The standard InChI is InChI=1S/C13H14O3/c1-8-4-6-9(7-5-8)13-10(15-13)11(14)16-12(13,2)3/h4-7,10H,1-3H3. The first-order valence-electron chi connectivity index (χ1n) is 5.45. The van der Waals surface area contributed by atoms with Gasteiger partial charge in [0.05, 0.1) is 0 Å². The molecule has 0 amide bonds. The van der Waals surface area contributed by atoms with E-state index in [1.54, 1.807) is 0 Å². The number of esters is 1. The maximum Gasteiger partial charge on any atom is 0.339 e. The molecule has 2 aliphatic heterocycles. The lowest BCUT2D eigenvalue weighted by Gasteiger charge is -2.27. The number of benzene rings is 1. The molecular weight excluding hydrogens is 204 g/mol. The molecule has 3 nitrogen and oxygen atoms in total. The van der Waals surface area contributed by atoms with Crippen LogP contribution in [0.2, 0.25) is 0 Å². The summed E-state index contributed by atoms with van der Waals surface area (Å²) in [6, 6.07) is 8.08. The summed E-state index contributed by atoms with van der Waals surface area (Å²) >= 11 is 0. The summed E-state index contributed by atoms with van der Waals surface area (Å²) in [6.07, 6.45) is -0.412. The number of rotatable bonds is 1. The first-order chi connectivity index (χ1) is 7.47. The minimum atomic E-state index is -0.579. The third-order valence-corrected chi connectivity index (χ3v) is 3.56. The van der Waals surface area contributed by atoms with Gasteiger partial charge >= 0.3 is 5.97 Å². The van der Waals surface area contributed by atoms with E-state index in [1.165, 1.54) is 5.56 Å². The number of hydrogen-bond acceptors (Lipinski definition) is 3. The predicted octanol–water partition coefficient (Wildman–Crippen LogP) is 1.92. The van der Waals surface area contributed by atoms with E-state index in [1.807, 2.05) is 45.0 Å². The van der Waals surface area contributed by atoms with E-state index in [-0.39, 0.29) is 5.97 Å². The summed E-state index contributed by atoms with van der Waals surface area (Å²) in [5.41, 5.74) is 1.08.